The lowest BCUT2D eigenvalue weighted by atomic mass is 9.99. The van der Waals surface area contributed by atoms with Crippen LogP contribution in [0.15, 0.2) is 59.0 Å². The van der Waals surface area contributed by atoms with Gasteiger partial charge in [0, 0.05) is 24.3 Å². The first-order valence-corrected chi connectivity index (χ1v) is 17.4. The van der Waals surface area contributed by atoms with Crippen LogP contribution in [0.2, 0.25) is 0 Å². The summed E-state index contributed by atoms with van der Waals surface area (Å²) in [5, 5.41) is 114. The molecule has 1 aromatic heterocycles. The number of phenolic OH excluding ortho intramolecular Hbond substituents is 4. The van der Waals surface area contributed by atoms with E-state index in [9.17, 15) is 61.0 Å². The fourth-order valence-electron chi connectivity index (χ4n) is 6.17. The number of phenols is 4. The summed E-state index contributed by atoms with van der Waals surface area (Å²) in [5.41, 5.74) is 0.344. The summed E-state index contributed by atoms with van der Waals surface area (Å²) < 4.78 is 44.6. The van der Waals surface area contributed by atoms with Crippen molar-refractivity contribution in [3.63, 3.8) is 0 Å². The molecular formula is C38H41O20+. The van der Waals surface area contributed by atoms with Crippen molar-refractivity contribution in [3.05, 3.63) is 60.2 Å². The Morgan fingerprint density at radius 2 is 1.31 bits per heavy atom. The number of carbonyl (C=O) groups excluding carboxylic acids is 1. The largest absolute Gasteiger partial charge is 0.507 e. The van der Waals surface area contributed by atoms with E-state index in [0.29, 0.717) is 5.56 Å². The first kappa shape index (κ1) is 41.9. The van der Waals surface area contributed by atoms with E-state index in [-0.39, 0.29) is 51.0 Å². The summed E-state index contributed by atoms with van der Waals surface area (Å²) in [6.45, 7) is -1.42. The second-order valence-electron chi connectivity index (χ2n) is 13.2. The molecule has 58 heavy (non-hydrogen) atoms. The lowest BCUT2D eigenvalue weighted by Gasteiger charge is -2.39. The Morgan fingerprint density at radius 3 is 1.91 bits per heavy atom. The van der Waals surface area contributed by atoms with Crippen molar-refractivity contribution in [2.45, 2.75) is 61.4 Å². The first-order valence-electron chi connectivity index (χ1n) is 17.4. The third-order valence-corrected chi connectivity index (χ3v) is 9.34. The van der Waals surface area contributed by atoms with Gasteiger partial charge in [0.05, 0.1) is 32.5 Å². The number of aliphatic hydroxyl groups is 7. The number of carbonyl (C=O) groups is 1. The van der Waals surface area contributed by atoms with E-state index in [1.54, 1.807) is 0 Å². The summed E-state index contributed by atoms with van der Waals surface area (Å²) >= 11 is 0. The van der Waals surface area contributed by atoms with E-state index in [1.165, 1.54) is 44.6 Å². The second kappa shape index (κ2) is 17.4. The molecule has 6 rings (SSSR count). The summed E-state index contributed by atoms with van der Waals surface area (Å²) in [4.78, 5) is 12.7. The number of hydrogen-bond acceptors (Lipinski definition) is 19. The van der Waals surface area contributed by atoms with Gasteiger partial charge in [0.25, 0.3) is 0 Å². The van der Waals surface area contributed by atoms with Gasteiger partial charge in [-0.25, -0.2) is 9.21 Å². The van der Waals surface area contributed by atoms with E-state index in [0.717, 1.165) is 30.3 Å². The van der Waals surface area contributed by atoms with Gasteiger partial charge in [0.15, 0.2) is 23.0 Å². The minimum Gasteiger partial charge on any atom is -0.507 e. The Morgan fingerprint density at radius 1 is 0.707 bits per heavy atom. The number of benzene rings is 3. The summed E-state index contributed by atoms with van der Waals surface area (Å²) in [6, 6.07) is 9.87. The normalized spacial score (nSPS) is 27.3. The van der Waals surface area contributed by atoms with Gasteiger partial charge in [-0.05, 0) is 35.9 Å². The highest BCUT2D eigenvalue weighted by molar-refractivity contribution is 5.89. The fraction of sp³-hybridized carbons (Fsp3) is 0.368. The van der Waals surface area contributed by atoms with E-state index >= 15 is 0 Å². The van der Waals surface area contributed by atoms with Gasteiger partial charge in [-0.15, -0.1) is 0 Å². The molecule has 2 aliphatic heterocycles. The van der Waals surface area contributed by atoms with Crippen LogP contribution in [0.1, 0.15) is 5.56 Å². The van der Waals surface area contributed by atoms with Gasteiger partial charge in [0.2, 0.25) is 24.1 Å². The Hall–Kier alpha value is -5.68. The fourth-order valence-corrected chi connectivity index (χ4v) is 6.17. The lowest BCUT2D eigenvalue weighted by Crippen LogP contribution is -2.60. The maximum atomic E-state index is 12.7. The molecule has 0 unspecified atom stereocenters. The van der Waals surface area contributed by atoms with Crippen LogP contribution in [0.4, 0.5) is 0 Å². The first-order chi connectivity index (χ1) is 27.6. The van der Waals surface area contributed by atoms with Gasteiger partial charge >= 0.3 is 17.3 Å². The number of hydrogen-bond donors (Lipinski definition) is 11. The monoisotopic (exact) mass is 817 g/mol. The molecule has 2 aliphatic rings. The van der Waals surface area contributed by atoms with Gasteiger partial charge in [-0.3, -0.25) is 0 Å². The topological polar surface area (TPSA) is 316 Å². The molecule has 20 heteroatoms. The molecule has 312 valence electrons. The zero-order valence-corrected chi connectivity index (χ0v) is 30.6. The minimum absolute atomic E-state index is 0.0106. The quantitative estimate of drug-likeness (QED) is 0.0383. The van der Waals surface area contributed by atoms with Crippen LogP contribution in [0.3, 0.4) is 0 Å². The van der Waals surface area contributed by atoms with Crippen LogP contribution in [0.5, 0.6) is 46.0 Å². The van der Waals surface area contributed by atoms with Crippen LogP contribution < -0.4 is 18.9 Å². The van der Waals surface area contributed by atoms with Crippen molar-refractivity contribution in [1.82, 2.24) is 0 Å². The molecule has 3 aromatic carbocycles. The predicted octanol–water partition coefficient (Wildman–Crippen LogP) is -0.158. The van der Waals surface area contributed by atoms with Crippen molar-refractivity contribution < 1.29 is 98.5 Å². The molecule has 0 spiro atoms. The molecule has 20 nitrogen and oxygen atoms in total. The average molecular weight is 818 g/mol. The summed E-state index contributed by atoms with van der Waals surface area (Å²) in [6.07, 6.45) is -15.0. The van der Waals surface area contributed by atoms with E-state index in [4.69, 9.17) is 37.6 Å². The van der Waals surface area contributed by atoms with Crippen molar-refractivity contribution in [3.8, 4) is 57.3 Å². The third-order valence-electron chi connectivity index (χ3n) is 9.34. The van der Waals surface area contributed by atoms with Gasteiger partial charge in [-0.1, -0.05) is 0 Å². The average Bonchev–Trinajstić information content (AvgIpc) is 3.21. The van der Waals surface area contributed by atoms with E-state index in [1.807, 2.05) is 0 Å². The number of fused-ring (bicyclic) bond motifs is 1. The van der Waals surface area contributed by atoms with Crippen molar-refractivity contribution in [1.29, 1.82) is 0 Å². The van der Waals surface area contributed by atoms with E-state index < -0.39 is 97.8 Å². The van der Waals surface area contributed by atoms with Crippen molar-refractivity contribution >= 4 is 23.0 Å². The Labute approximate surface area is 327 Å². The third kappa shape index (κ3) is 8.60. The maximum absolute atomic E-state index is 12.7. The highest BCUT2D eigenvalue weighted by Gasteiger charge is 2.47. The standard InChI is InChI=1S/C38H40O20/c1-51-23-7-15(8-24(52-2)29(23)44)3-6-28(43)53-14-27-31(46)33(48)35(50)38(58-27)56-25-12-18-21(54-36(25)16-4-5-19(41)20(42)9-16)10-17(40)11-22(18)55-37-34(49)32(47)30(45)26(13-39)57-37/h3-12,26-27,30-35,37-39,45-50H,13-14H2,1-2H3,(H3-,40,41,42,43,44)/p+1/t26-,27-,30-,31-,32+,33+,34-,35-,37-,38-/m1/s1. The number of ether oxygens (including phenoxy) is 7. The van der Waals surface area contributed by atoms with Crippen molar-refractivity contribution in [2.24, 2.45) is 0 Å². The van der Waals surface area contributed by atoms with E-state index in [2.05, 4.69) is 0 Å². The molecule has 10 atom stereocenters. The summed E-state index contributed by atoms with van der Waals surface area (Å²) in [5.74, 6) is -3.28. The molecule has 2 saturated heterocycles. The highest BCUT2D eigenvalue weighted by atomic mass is 16.7. The Bertz CT molecular complexity index is 2110. The predicted molar refractivity (Wildman–Crippen MR) is 194 cm³/mol. The van der Waals surface area contributed by atoms with Crippen LogP contribution >= 0.6 is 0 Å². The minimum atomic E-state index is -1.94. The highest BCUT2D eigenvalue weighted by Crippen LogP contribution is 2.43. The van der Waals surface area contributed by atoms with Crippen LogP contribution in [0, 0.1) is 0 Å². The van der Waals surface area contributed by atoms with Crippen LogP contribution in [0.25, 0.3) is 28.4 Å². The molecule has 0 bridgehead atoms. The summed E-state index contributed by atoms with van der Waals surface area (Å²) in [7, 11) is 2.65. The maximum Gasteiger partial charge on any atom is 0.402 e. The molecule has 3 heterocycles. The molecule has 0 radical (unpaired) electrons. The van der Waals surface area contributed by atoms with Gasteiger partial charge < -0.3 is 89.3 Å². The number of methoxy groups -OCH3 is 2. The molecule has 11 N–H and O–H groups in total. The molecule has 2 fully saturated rings. The smallest absolute Gasteiger partial charge is 0.402 e. The number of aromatic hydroxyl groups is 4. The lowest BCUT2D eigenvalue weighted by molar-refractivity contribution is -0.278. The molecule has 0 amide bonds. The van der Waals surface area contributed by atoms with Crippen LogP contribution in [-0.2, 0) is 19.0 Å². The SMILES string of the molecule is COc1cc(/C=C/C(=O)OC[C@H]2O[C@@H](Oc3cc4c(O[C@@H]5O[C@H](CO)[C@@H](O)[C@H](O)[C@H]5O)cc(O)cc4[o+]c3-c3ccc(O)c(O)c3)[C@H](O)[C@@H](O)[C@@H]2O)cc(OC)c1O. The molecule has 0 saturated carbocycles. The number of rotatable bonds is 12. The zero-order valence-electron chi connectivity index (χ0n) is 30.6. The Kier molecular flexibility index (Phi) is 12.6. The second-order valence-corrected chi connectivity index (χ2v) is 13.2. The number of aliphatic hydroxyl groups excluding tert-OH is 7. The number of esters is 1. The van der Waals surface area contributed by atoms with Gasteiger partial charge in [-0.2, -0.15) is 0 Å². The molecular weight excluding hydrogens is 776 g/mol. The molecule has 0 aliphatic carbocycles. The van der Waals surface area contributed by atoms with Crippen LogP contribution in [-0.4, -0.2) is 151 Å². The zero-order chi connectivity index (χ0) is 42.0. The molecule has 4 aromatic rings. The van der Waals surface area contributed by atoms with Gasteiger partial charge in [0.1, 0.15) is 72.3 Å². The Balaban J connectivity index is 1.29. The van der Waals surface area contributed by atoms with Crippen molar-refractivity contribution in [2.75, 3.05) is 27.4 Å².